The molecule has 0 N–H and O–H groups in total. The van der Waals surface area contributed by atoms with Crippen molar-refractivity contribution in [1.82, 2.24) is 4.57 Å². The minimum Gasteiger partial charge on any atom is -0.376 e. The zero-order valence-corrected chi connectivity index (χ0v) is 38.4. The lowest BCUT2D eigenvalue weighted by atomic mass is 9.43. The zero-order chi connectivity index (χ0) is 42.7. The SMILES string of the molecule is CC(C)(C)c1ccc2c(c1)c1cc(C(C)(C)C)cc3c1n2-c1c2c(cc4c1C(C)(C)c1ccccc1-4)-c1cccc4c1N(B23)c1ccccc1[Si]41c2ccccc2-c2ccccc21. The molecule has 0 amide bonds. The van der Waals surface area contributed by atoms with Gasteiger partial charge in [-0.3, -0.25) is 0 Å². The Labute approximate surface area is 372 Å². The first-order valence-corrected chi connectivity index (χ1v) is 25.0. The number of benzene rings is 8. The normalized spacial score (nSPS) is 16.1. The smallest absolute Gasteiger partial charge is 0.333 e. The van der Waals surface area contributed by atoms with E-state index < -0.39 is 8.07 Å². The van der Waals surface area contributed by atoms with Crippen LogP contribution in [0.3, 0.4) is 0 Å². The summed E-state index contributed by atoms with van der Waals surface area (Å²) in [5, 5.41) is 8.75. The van der Waals surface area contributed by atoms with Crippen molar-refractivity contribution in [2.24, 2.45) is 0 Å². The molecule has 9 aromatic rings. The summed E-state index contributed by atoms with van der Waals surface area (Å²) in [6.07, 6.45) is 0. The third-order valence-electron chi connectivity index (χ3n) is 16.0. The van der Waals surface area contributed by atoms with Gasteiger partial charge in [0.25, 0.3) is 0 Å². The molecule has 1 aliphatic carbocycles. The van der Waals surface area contributed by atoms with Gasteiger partial charge in [-0.1, -0.05) is 177 Å². The van der Waals surface area contributed by atoms with Crippen molar-refractivity contribution in [3.63, 3.8) is 0 Å². The molecule has 8 aromatic carbocycles. The van der Waals surface area contributed by atoms with Crippen LogP contribution in [0.15, 0.2) is 152 Å². The molecule has 1 spiro atoms. The molecule has 0 atom stereocenters. The van der Waals surface area contributed by atoms with E-state index in [1.54, 1.807) is 0 Å². The molecule has 0 saturated carbocycles. The lowest BCUT2D eigenvalue weighted by Gasteiger charge is -2.51. The Morgan fingerprint density at radius 1 is 0.492 bits per heavy atom. The van der Waals surface area contributed by atoms with Gasteiger partial charge in [-0.25, -0.2) is 0 Å². The quantitative estimate of drug-likeness (QED) is 0.138. The van der Waals surface area contributed by atoms with E-state index >= 15 is 0 Å². The predicted molar refractivity (Wildman–Crippen MR) is 271 cm³/mol. The number of rotatable bonds is 0. The Balaban J connectivity index is 1.22. The minimum absolute atomic E-state index is 0.0154. The summed E-state index contributed by atoms with van der Waals surface area (Å²) in [4.78, 5) is 2.85. The molecule has 5 heterocycles. The van der Waals surface area contributed by atoms with Crippen LogP contribution in [0.25, 0.3) is 60.9 Å². The highest BCUT2D eigenvalue weighted by Crippen LogP contribution is 2.56. The van der Waals surface area contributed by atoms with Crippen LogP contribution < -0.4 is 36.5 Å². The Kier molecular flexibility index (Phi) is 6.55. The highest BCUT2D eigenvalue weighted by Gasteiger charge is 2.58. The van der Waals surface area contributed by atoms with Gasteiger partial charge in [-0.15, -0.1) is 0 Å². The van der Waals surface area contributed by atoms with E-state index in [9.17, 15) is 0 Å². The van der Waals surface area contributed by atoms with Gasteiger partial charge in [0.1, 0.15) is 0 Å². The number of hydrogen-bond acceptors (Lipinski definition) is 1. The summed E-state index contributed by atoms with van der Waals surface area (Å²) in [6, 6.07) is 60.1. The van der Waals surface area contributed by atoms with Crippen LogP contribution in [0.1, 0.15) is 77.6 Å². The van der Waals surface area contributed by atoms with Crippen LogP contribution in [0.5, 0.6) is 0 Å². The first kappa shape index (κ1) is 36.2. The van der Waals surface area contributed by atoms with E-state index in [-0.39, 0.29) is 23.1 Å². The number of para-hydroxylation sites is 2. The van der Waals surface area contributed by atoms with Crippen LogP contribution in [0, 0.1) is 0 Å². The van der Waals surface area contributed by atoms with Crippen LogP contribution in [-0.2, 0) is 16.2 Å². The van der Waals surface area contributed by atoms with Crippen LogP contribution in [-0.4, -0.2) is 19.5 Å². The average molecular weight is 825 g/mol. The van der Waals surface area contributed by atoms with Crippen molar-refractivity contribution in [1.29, 1.82) is 0 Å². The summed E-state index contributed by atoms with van der Waals surface area (Å²) in [5.41, 5.74) is 23.3. The summed E-state index contributed by atoms with van der Waals surface area (Å²) in [5.74, 6) is 0. The standard InChI is InChI=1S/C59H49BN2Si/c1-57(2,3)34-28-29-46-40(30-34)43-31-35(58(4,5)6)32-45-54(43)61(46)56-52-41(36-18-9-12-22-44(36)59(52,7)8)33-42-39-21-17-27-51-55(39)62(60(45)53(42)56)47-23-13-16-26-50(47)63(51)48-24-14-10-19-37(48)38-20-11-15-25-49(38)63/h9-33H,1-8H3. The maximum atomic E-state index is 2.85. The Morgan fingerprint density at radius 3 is 1.81 bits per heavy atom. The van der Waals surface area contributed by atoms with E-state index in [1.807, 2.05) is 0 Å². The second-order valence-electron chi connectivity index (χ2n) is 21.6. The predicted octanol–water partition coefficient (Wildman–Crippen LogP) is 10.6. The summed E-state index contributed by atoms with van der Waals surface area (Å²) in [7, 11) is -2.79. The maximum absolute atomic E-state index is 2.85. The summed E-state index contributed by atoms with van der Waals surface area (Å²) in [6.45, 7) is 19.1. The number of hydrogen-bond donors (Lipinski definition) is 0. The van der Waals surface area contributed by atoms with Gasteiger partial charge in [0.2, 0.25) is 0 Å². The highest BCUT2D eigenvalue weighted by molar-refractivity contribution is 7.24. The maximum Gasteiger partial charge on any atom is 0.333 e. The second kappa shape index (κ2) is 11.4. The minimum atomic E-state index is -2.79. The number of anilines is 2. The lowest BCUT2D eigenvalue weighted by Crippen LogP contribution is -2.78. The largest absolute Gasteiger partial charge is 0.376 e. The van der Waals surface area contributed by atoms with E-state index in [0.717, 1.165) is 0 Å². The third-order valence-corrected chi connectivity index (χ3v) is 20.9. The molecule has 4 heteroatoms. The Hall–Kier alpha value is -6.36. The number of nitrogens with zero attached hydrogens (tertiary/aromatic N) is 2. The van der Waals surface area contributed by atoms with E-state index in [1.165, 1.54) is 126 Å². The molecule has 0 radical (unpaired) electrons. The molecule has 302 valence electrons. The van der Waals surface area contributed by atoms with Crippen molar-refractivity contribution >= 4 is 79.8 Å². The van der Waals surface area contributed by atoms with Crippen molar-refractivity contribution in [2.45, 2.75) is 71.6 Å². The first-order valence-electron chi connectivity index (χ1n) is 23.0. The van der Waals surface area contributed by atoms with Crippen molar-refractivity contribution in [2.75, 3.05) is 4.81 Å². The van der Waals surface area contributed by atoms with Gasteiger partial charge in [-0.05, 0) is 123 Å². The second-order valence-corrected chi connectivity index (χ2v) is 25.3. The Bertz CT molecular complexity index is 3550. The zero-order valence-electron chi connectivity index (χ0n) is 37.4. The van der Waals surface area contributed by atoms with Gasteiger partial charge in [-0.2, -0.15) is 0 Å². The topological polar surface area (TPSA) is 8.17 Å². The van der Waals surface area contributed by atoms with E-state index in [2.05, 4.69) is 216 Å². The van der Waals surface area contributed by atoms with Crippen LogP contribution in [0.4, 0.5) is 11.4 Å². The van der Waals surface area contributed by atoms with Crippen LogP contribution in [0.2, 0.25) is 0 Å². The Morgan fingerprint density at radius 2 is 1.10 bits per heavy atom. The van der Waals surface area contributed by atoms with Gasteiger partial charge >= 0.3 is 6.85 Å². The average Bonchev–Trinajstić information content (AvgIpc) is 3.85. The fourth-order valence-electron chi connectivity index (χ4n) is 13.3. The van der Waals surface area contributed by atoms with Crippen molar-refractivity contribution < 1.29 is 0 Å². The fourth-order valence-corrected chi connectivity index (χ4v) is 18.8. The molecule has 2 nitrogen and oxygen atoms in total. The first-order chi connectivity index (χ1) is 30.3. The van der Waals surface area contributed by atoms with Gasteiger partial charge in [0, 0.05) is 38.8 Å². The number of aromatic nitrogens is 1. The molecule has 0 saturated heterocycles. The van der Waals surface area contributed by atoms with E-state index in [4.69, 9.17) is 0 Å². The van der Waals surface area contributed by atoms with E-state index in [0.29, 0.717) is 0 Å². The molecule has 63 heavy (non-hydrogen) atoms. The van der Waals surface area contributed by atoms with Gasteiger partial charge in [0.05, 0.1) is 11.0 Å². The molecule has 14 rings (SSSR count). The van der Waals surface area contributed by atoms with Gasteiger partial charge in [0.15, 0.2) is 8.07 Å². The third kappa shape index (κ3) is 4.14. The molecular weight excluding hydrogens is 776 g/mol. The molecule has 0 bridgehead atoms. The van der Waals surface area contributed by atoms with Crippen LogP contribution >= 0.6 is 0 Å². The fraction of sp³-hybridized carbons (Fsp3) is 0.186. The van der Waals surface area contributed by atoms with Crippen molar-refractivity contribution in [3.05, 3.63) is 174 Å². The lowest BCUT2D eigenvalue weighted by molar-refractivity contribution is 0.590. The molecule has 5 aliphatic rings. The summed E-state index contributed by atoms with van der Waals surface area (Å²) < 4.78 is 2.74. The van der Waals surface area contributed by atoms with Gasteiger partial charge < -0.3 is 9.38 Å². The molecule has 0 fully saturated rings. The molecule has 4 aliphatic heterocycles. The molecular formula is C59H49BN2Si. The molecule has 1 aromatic heterocycles. The monoisotopic (exact) mass is 824 g/mol. The number of fused-ring (bicyclic) bond motifs is 20. The summed E-state index contributed by atoms with van der Waals surface area (Å²) >= 11 is 0. The molecule has 0 unspecified atom stereocenters. The van der Waals surface area contributed by atoms with Crippen molar-refractivity contribution in [3.8, 4) is 39.1 Å². The highest BCUT2D eigenvalue weighted by atomic mass is 28.3.